The first-order valence-corrected chi connectivity index (χ1v) is 13.5. The third-order valence-corrected chi connectivity index (χ3v) is 7.62. The highest BCUT2D eigenvalue weighted by molar-refractivity contribution is 9.10. The molecule has 0 bridgehead atoms. The van der Waals surface area contributed by atoms with Gasteiger partial charge in [0.15, 0.2) is 5.82 Å². The average Bonchev–Trinajstić information content (AvgIpc) is 3.66. The van der Waals surface area contributed by atoms with Crippen molar-refractivity contribution in [2.45, 2.75) is 51.6 Å². The molecule has 3 aromatic heterocycles. The minimum absolute atomic E-state index is 0.115. The van der Waals surface area contributed by atoms with Gasteiger partial charge in [-0.2, -0.15) is 0 Å². The van der Waals surface area contributed by atoms with Gasteiger partial charge in [0, 0.05) is 35.8 Å². The lowest BCUT2D eigenvalue weighted by Crippen LogP contribution is -2.27. The second kappa shape index (κ2) is 11.5. The van der Waals surface area contributed by atoms with Crippen molar-refractivity contribution in [3.63, 3.8) is 0 Å². The normalized spacial score (nSPS) is 13.1. The van der Waals surface area contributed by atoms with Crippen molar-refractivity contribution in [2.75, 3.05) is 0 Å². The first-order chi connectivity index (χ1) is 18.5. The van der Waals surface area contributed by atoms with Crippen LogP contribution in [0.3, 0.4) is 0 Å². The number of aromatic nitrogens is 6. The molecule has 0 spiro atoms. The summed E-state index contributed by atoms with van der Waals surface area (Å²) in [4.78, 5) is 19.4. The molecule has 11 heteroatoms. The molecule has 2 unspecified atom stereocenters. The summed E-state index contributed by atoms with van der Waals surface area (Å²) in [6, 6.07) is 13.8. The number of esters is 1. The van der Waals surface area contributed by atoms with Gasteiger partial charge in [-0.15, -0.1) is 5.10 Å². The van der Waals surface area contributed by atoms with E-state index in [4.69, 9.17) is 20.8 Å². The van der Waals surface area contributed by atoms with E-state index in [0.717, 1.165) is 57.1 Å². The van der Waals surface area contributed by atoms with Gasteiger partial charge >= 0.3 is 5.97 Å². The second-order valence-corrected chi connectivity index (χ2v) is 10.2. The van der Waals surface area contributed by atoms with Gasteiger partial charge in [-0.3, -0.25) is 4.79 Å². The molecule has 0 radical (unpaired) electrons. The number of halogens is 2. The van der Waals surface area contributed by atoms with Crippen molar-refractivity contribution in [2.24, 2.45) is 0 Å². The predicted octanol–water partition coefficient (Wildman–Crippen LogP) is 6.87. The van der Waals surface area contributed by atoms with Gasteiger partial charge in [0.25, 0.3) is 0 Å². The molecule has 5 rings (SSSR count). The highest BCUT2D eigenvalue weighted by atomic mass is 79.9. The molecule has 0 aliphatic heterocycles. The Morgan fingerprint density at radius 2 is 2.03 bits per heavy atom. The fourth-order valence-corrected chi connectivity index (χ4v) is 5.62. The van der Waals surface area contributed by atoms with Crippen LogP contribution < -0.4 is 0 Å². The SMILES string of the molecule is CCCCC(c1[nH]cnc1Cl)C(Cc1ccc2oc(-c3ccccc3-c3nnn[nH]3)c(Br)c2c1)OC(C)=O. The lowest BCUT2D eigenvalue weighted by Gasteiger charge is -2.26. The molecule has 5 aromatic rings. The number of nitrogens with zero attached hydrogens (tertiary/aromatic N) is 4. The number of aromatic amines is 2. The first kappa shape index (κ1) is 26.1. The van der Waals surface area contributed by atoms with E-state index in [1.807, 2.05) is 36.4 Å². The van der Waals surface area contributed by atoms with E-state index in [9.17, 15) is 4.79 Å². The monoisotopic (exact) mass is 596 g/mol. The molecule has 2 aromatic carbocycles. The van der Waals surface area contributed by atoms with Crippen molar-refractivity contribution in [3.8, 4) is 22.7 Å². The van der Waals surface area contributed by atoms with Gasteiger partial charge in [0.2, 0.25) is 0 Å². The maximum absolute atomic E-state index is 12.1. The third-order valence-electron chi connectivity index (χ3n) is 6.53. The number of benzene rings is 2. The number of furan rings is 1. The average molecular weight is 598 g/mol. The van der Waals surface area contributed by atoms with Crippen molar-refractivity contribution < 1.29 is 13.9 Å². The largest absolute Gasteiger partial charge is 0.461 e. The van der Waals surface area contributed by atoms with Gasteiger partial charge < -0.3 is 14.1 Å². The van der Waals surface area contributed by atoms with E-state index in [2.05, 4.69) is 59.5 Å². The molecule has 2 N–H and O–H groups in total. The molecule has 0 fully saturated rings. The zero-order chi connectivity index (χ0) is 26.6. The zero-order valence-electron chi connectivity index (χ0n) is 20.9. The van der Waals surface area contributed by atoms with E-state index < -0.39 is 6.10 Å². The van der Waals surface area contributed by atoms with Gasteiger partial charge in [-0.25, -0.2) is 10.1 Å². The summed E-state index contributed by atoms with van der Waals surface area (Å²) >= 11 is 10.1. The highest BCUT2D eigenvalue weighted by Crippen LogP contribution is 2.42. The number of H-pyrrole nitrogens is 2. The summed E-state index contributed by atoms with van der Waals surface area (Å²) in [5.41, 5.74) is 4.19. The number of carbonyl (C=O) groups is 1. The van der Waals surface area contributed by atoms with Crippen LogP contribution in [0.15, 0.2) is 57.7 Å². The lowest BCUT2D eigenvalue weighted by atomic mass is 9.88. The van der Waals surface area contributed by atoms with Crippen LogP contribution >= 0.6 is 27.5 Å². The van der Waals surface area contributed by atoms with Crippen LogP contribution in [0.2, 0.25) is 5.15 Å². The summed E-state index contributed by atoms with van der Waals surface area (Å²) in [6.07, 6.45) is 4.45. The number of carbonyl (C=O) groups excluding carboxylic acids is 1. The van der Waals surface area contributed by atoms with E-state index in [1.165, 1.54) is 6.92 Å². The molecule has 3 heterocycles. The zero-order valence-corrected chi connectivity index (χ0v) is 23.2. The lowest BCUT2D eigenvalue weighted by molar-refractivity contribution is -0.147. The van der Waals surface area contributed by atoms with Gasteiger partial charge in [-0.1, -0.05) is 61.7 Å². The minimum Gasteiger partial charge on any atom is -0.461 e. The summed E-state index contributed by atoms with van der Waals surface area (Å²) in [5, 5.41) is 15.6. The number of hydrogen-bond acceptors (Lipinski definition) is 7. The van der Waals surface area contributed by atoms with Crippen LogP contribution in [-0.2, 0) is 16.0 Å². The molecule has 9 nitrogen and oxygen atoms in total. The Bertz CT molecular complexity index is 1550. The minimum atomic E-state index is -0.417. The van der Waals surface area contributed by atoms with Crippen LogP contribution in [0, 0.1) is 0 Å². The summed E-state index contributed by atoms with van der Waals surface area (Å²) in [6.45, 7) is 3.56. The van der Waals surface area contributed by atoms with E-state index in [-0.39, 0.29) is 11.9 Å². The van der Waals surface area contributed by atoms with Crippen molar-refractivity contribution in [3.05, 3.63) is 69.7 Å². The molecule has 38 heavy (non-hydrogen) atoms. The Kier molecular flexibility index (Phi) is 7.90. The number of unbranched alkanes of at least 4 members (excludes halogenated alkanes) is 1. The Morgan fingerprint density at radius 1 is 1.21 bits per heavy atom. The van der Waals surface area contributed by atoms with Crippen LogP contribution in [0.25, 0.3) is 33.7 Å². The summed E-state index contributed by atoms with van der Waals surface area (Å²) < 4.78 is 13.0. The number of rotatable bonds is 10. The molecule has 0 saturated heterocycles. The number of fused-ring (bicyclic) bond motifs is 1. The number of tetrazole rings is 1. The van der Waals surface area contributed by atoms with Crippen LogP contribution in [0.5, 0.6) is 0 Å². The van der Waals surface area contributed by atoms with E-state index >= 15 is 0 Å². The Morgan fingerprint density at radius 3 is 2.71 bits per heavy atom. The Balaban J connectivity index is 1.51. The molecular weight excluding hydrogens is 572 g/mol. The fraction of sp³-hybridized carbons (Fsp3) is 0.296. The number of ether oxygens (including phenoxy) is 1. The quantitative estimate of drug-likeness (QED) is 0.168. The van der Waals surface area contributed by atoms with Gasteiger partial charge in [-0.05, 0) is 50.5 Å². The number of imidazole rings is 1. The molecular formula is C27H26BrClN6O3. The van der Waals surface area contributed by atoms with Gasteiger partial charge in [0.1, 0.15) is 22.6 Å². The topological polar surface area (TPSA) is 123 Å². The predicted molar refractivity (Wildman–Crippen MR) is 148 cm³/mol. The second-order valence-electron chi connectivity index (χ2n) is 9.08. The maximum atomic E-state index is 12.1. The summed E-state index contributed by atoms with van der Waals surface area (Å²) in [7, 11) is 0. The smallest absolute Gasteiger partial charge is 0.302 e. The third kappa shape index (κ3) is 5.37. The maximum Gasteiger partial charge on any atom is 0.302 e. The van der Waals surface area contributed by atoms with Crippen LogP contribution in [0.1, 0.15) is 50.3 Å². The molecule has 0 aliphatic carbocycles. The Labute approximate surface area is 232 Å². The van der Waals surface area contributed by atoms with Crippen molar-refractivity contribution >= 4 is 44.5 Å². The highest BCUT2D eigenvalue weighted by Gasteiger charge is 2.29. The van der Waals surface area contributed by atoms with Crippen LogP contribution in [0.4, 0.5) is 0 Å². The van der Waals surface area contributed by atoms with Crippen molar-refractivity contribution in [1.82, 2.24) is 30.6 Å². The standard InChI is InChI=1S/C27H26BrClN6O3/c1-3-4-7-19(24-26(29)31-14-30-24)22(37-15(2)36)13-16-10-11-21-20(12-16)23(28)25(38-21)17-8-5-6-9-18(17)27-32-34-35-33-27/h5-6,8-12,14,19,22H,3-4,7,13H2,1-2H3,(H,30,31)(H,32,33,34,35). The first-order valence-electron chi connectivity index (χ1n) is 12.4. The van der Waals surface area contributed by atoms with Crippen LogP contribution in [-0.4, -0.2) is 42.7 Å². The Hall–Kier alpha value is -3.50. The molecule has 0 amide bonds. The number of hydrogen-bond donors (Lipinski definition) is 2. The molecule has 2 atom stereocenters. The molecule has 196 valence electrons. The van der Waals surface area contributed by atoms with E-state index in [1.54, 1.807) is 6.33 Å². The van der Waals surface area contributed by atoms with Gasteiger partial charge in [0.05, 0.1) is 16.5 Å². The van der Waals surface area contributed by atoms with E-state index in [0.29, 0.717) is 23.2 Å². The van der Waals surface area contributed by atoms with Crippen molar-refractivity contribution in [1.29, 1.82) is 0 Å². The number of nitrogens with one attached hydrogen (secondary N) is 2. The molecule has 0 aliphatic rings. The fourth-order valence-electron chi connectivity index (χ4n) is 4.78. The summed E-state index contributed by atoms with van der Waals surface area (Å²) in [5.74, 6) is 0.771. The molecule has 0 saturated carbocycles.